The van der Waals surface area contributed by atoms with E-state index < -0.39 is 35.5 Å². The summed E-state index contributed by atoms with van der Waals surface area (Å²) in [5.74, 6) is -1.35. The lowest BCUT2D eigenvalue weighted by Crippen LogP contribution is -2.57. The van der Waals surface area contributed by atoms with Crippen molar-refractivity contribution in [3.63, 3.8) is 0 Å². The number of amides is 1. The zero-order valence-corrected chi connectivity index (χ0v) is 16.7. The fourth-order valence-electron chi connectivity index (χ4n) is 2.57. The Balaban J connectivity index is 2.73. The summed E-state index contributed by atoms with van der Waals surface area (Å²) < 4.78 is 9.81. The average molecular weight is 378 g/mol. The molecule has 0 bridgehead atoms. The van der Waals surface area contributed by atoms with Crippen molar-refractivity contribution >= 4 is 17.8 Å². The Labute approximate surface area is 160 Å². The van der Waals surface area contributed by atoms with Gasteiger partial charge in [0.15, 0.2) is 0 Å². The van der Waals surface area contributed by atoms with Crippen molar-refractivity contribution in [3.8, 4) is 0 Å². The molecule has 0 saturated carbocycles. The van der Waals surface area contributed by atoms with Crippen LogP contribution in [0.15, 0.2) is 30.3 Å². The number of rotatable bonds is 10. The van der Waals surface area contributed by atoms with Gasteiger partial charge in [-0.3, -0.25) is 14.9 Å². The molecule has 1 amide bonds. The van der Waals surface area contributed by atoms with Crippen molar-refractivity contribution in [3.05, 3.63) is 35.9 Å². The Morgan fingerprint density at radius 1 is 1.15 bits per heavy atom. The van der Waals surface area contributed by atoms with Gasteiger partial charge < -0.3 is 14.8 Å². The van der Waals surface area contributed by atoms with Crippen LogP contribution in [-0.2, 0) is 30.3 Å². The number of aryl methyl sites for hydroxylation is 1. The number of hydrogen-bond donors (Lipinski definition) is 2. The maximum Gasteiger partial charge on any atom is 0.330 e. The highest BCUT2D eigenvalue weighted by molar-refractivity contribution is 5.90. The minimum atomic E-state index is -1.16. The van der Waals surface area contributed by atoms with Crippen LogP contribution in [0.1, 0.15) is 39.7 Å². The summed E-state index contributed by atoms with van der Waals surface area (Å²) in [4.78, 5) is 36.4. The summed E-state index contributed by atoms with van der Waals surface area (Å²) in [7, 11) is 1.26. The molecular formula is C20H30N2O5. The minimum Gasteiger partial charge on any atom is -0.467 e. The number of benzene rings is 1. The van der Waals surface area contributed by atoms with Crippen molar-refractivity contribution in [1.29, 1.82) is 0 Å². The van der Waals surface area contributed by atoms with E-state index in [0.29, 0.717) is 12.8 Å². The van der Waals surface area contributed by atoms with Gasteiger partial charge >= 0.3 is 11.9 Å². The molecule has 2 atom stereocenters. The van der Waals surface area contributed by atoms with Crippen molar-refractivity contribution in [2.75, 3.05) is 13.7 Å². The Hall–Kier alpha value is -2.41. The fraction of sp³-hybridized carbons (Fsp3) is 0.550. The average Bonchev–Trinajstić information content (AvgIpc) is 2.64. The number of ether oxygens (including phenoxy) is 2. The third-order valence-electron chi connectivity index (χ3n) is 4.11. The quantitative estimate of drug-likeness (QED) is 0.601. The first-order chi connectivity index (χ1) is 12.7. The van der Waals surface area contributed by atoms with Crippen LogP contribution >= 0.6 is 0 Å². The maximum atomic E-state index is 12.4. The third-order valence-corrected chi connectivity index (χ3v) is 4.11. The van der Waals surface area contributed by atoms with E-state index in [4.69, 9.17) is 4.74 Å². The molecular weight excluding hydrogens is 348 g/mol. The Bertz CT molecular complexity index is 631. The van der Waals surface area contributed by atoms with E-state index in [-0.39, 0.29) is 6.61 Å². The van der Waals surface area contributed by atoms with Crippen LogP contribution in [-0.4, -0.2) is 49.2 Å². The van der Waals surface area contributed by atoms with Gasteiger partial charge in [0, 0.05) is 0 Å². The van der Waals surface area contributed by atoms with E-state index in [2.05, 4.69) is 15.4 Å². The maximum absolute atomic E-state index is 12.4. The summed E-state index contributed by atoms with van der Waals surface area (Å²) >= 11 is 0. The normalized spacial score (nSPS) is 13.4. The highest BCUT2D eigenvalue weighted by atomic mass is 16.5. The van der Waals surface area contributed by atoms with E-state index in [9.17, 15) is 14.4 Å². The molecule has 0 fully saturated rings. The molecule has 27 heavy (non-hydrogen) atoms. The van der Waals surface area contributed by atoms with Crippen LogP contribution in [0.2, 0.25) is 0 Å². The van der Waals surface area contributed by atoms with E-state index in [1.165, 1.54) is 7.11 Å². The van der Waals surface area contributed by atoms with E-state index in [0.717, 1.165) is 5.56 Å². The topological polar surface area (TPSA) is 93.7 Å². The highest BCUT2D eigenvalue weighted by Crippen LogP contribution is 2.09. The van der Waals surface area contributed by atoms with Crippen LogP contribution < -0.4 is 10.6 Å². The van der Waals surface area contributed by atoms with Gasteiger partial charge in [-0.25, -0.2) is 4.79 Å². The van der Waals surface area contributed by atoms with Crippen molar-refractivity contribution in [2.45, 2.75) is 58.2 Å². The number of methoxy groups -OCH3 is 1. The van der Waals surface area contributed by atoms with Crippen LogP contribution in [0.3, 0.4) is 0 Å². The van der Waals surface area contributed by atoms with Crippen LogP contribution in [0, 0.1) is 0 Å². The third kappa shape index (κ3) is 7.38. The summed E-state index contributed by atoms with van der Waals surface area (Å²) in [6.45, 7) is 6.75. The van der Waals surface area contributed by atoms with Gasteiger partial charge in [-0.2, -0.15) is 0 Å². The molecule has 0 heterocycles. The molecule has 1 unspecified atom stereocenters. The molecule has 150 valence electrons. The molecule has 0 aliphatic heterocycles. The predicted octanol–water partition coefficient (Wildman–Crippen LogP) is 1.60. The number of nitrogens with one attached hydrogen (secondary N) is 2. The lowest BCUT2D eigenvalue weighted by atomic mass is 10.0. The lowest BCUT2D eigenvalue weighted by Gasteiger charge is -2.27. The van der Waals surface area contributed by atoms with E-state index in [1.807, 2.05) is 30.3 Å². The second-order valence-electron chi connectivity index (χ2n) is 6.82. The first-order valence-electron chi connectivity index (χ1n) is 9.08. The Morgan fingerprint density at radius 3 is 2.33 bits per heavy atom. The summed E-state index contributed by atoms with van der Waals surface area (Å²) in [5.41, 5.74) is -0.0665. The molecule has 0 aliphatic rings. The molecule has 0 spiro atoms. The Morgan fingerprint density at radius 2 is 1.78 bits per heavy atom. The van der Waals surface area contributed by atoms with Crippen LogP contribution in [0.4, 0.5) is 0 Å². The molecule has 0 saturated heterocycles. The second kappa shape index (κ2) is 10.7. The molecule has 1 rings (SSSR count). The molecule has 7 heteroatoms. The van der Waals surface area contributed by atoms with Crippen LogP contribution in [0.5, 0.6) is 0 Å². The zero-order chi connectivity index (χ0) is 20.4. The number of carbonyl (C=O) groups excluding carboxylic acids is 3. The molecule has 1 aromatic rings. The number of carbonyl (C=O) groups is 3. The van der Waals surface area contributed by atoms with Gasteiger partial charge in [-0.1, -0.05) is 30.3 Å². The fourth-order valence-corrected chi connectivity index (χ4v) is 2.57. The molecule has 0 aliphatic carbocycles. The summed E-state index contributed by atoms with van der Waals surface area (Å²) in [5, 5.41) is 5.64. The lowest BCUT2D eigenvalue weighted by molar-refractivity contribution is -0.150. The smallest absolute Gasteiger partial charge is 0.330 e. The summed E-state index contributed by atoms with van der Waals surface area (Å²) in [6, 6.07) is 8.44. The van der Waals surface area contributed by atoms with Gasteiger partial charge in [-0.05, 0) is 46.1 Å². The molecule has 2 N–H and O–H groups in total. The predicted molar refractivity (Wildman–Crippen MR) is 102 cm³/mol. The highest BCUT2D eigenvalue weighted by Gasteiger charge is 2.33. The second-order valence-corrected chi connectivity index (χ2v) is 6.82. The molecule has 0 aromatic heterocycles. The Kier molecular flexibility index (Phi) is 8.94. The monoisotopic (exact) mass is 378 g/mol. The van der Waals surface area contributed by atoms with Gasteiger partial charge in [-0.15, -0.1) is 0 Å². The van der Waals surface area contributed by atoms with Gasteiger partial charge in [0.2, 0.25) is 5.91 Å². The van der Waals surface area contributed by atoms with Gasteiger partial charge in [0.25, 0.3) is 0 Å². The summed E-state index contributed by atoms with van der Waals surface area (Å²) in [6.07, 6.45) is 1.15. The first-order valence-corrected chi connectivity index (χ1v) is 9.08. The standard InChI is InChI=1S/C20H30N2O5/c1-6-27-18(24)16(13-12-15-10-8-7-9-11-15)21-14(2)17(23)22-20(3,4)19(25)26-5/h7-11,14,16,21H,6,12-13H2,1-5H3,(H,22,23)/t14-,16?/m0/s1. The van der Waals surface area contributed by atoms with Gasteiger partial charge in [0.05, 0.1) is 19.8 Å². The number of esters is 2. The minimum absolute atomic E-state index is 0.262. The van der Waals surface area contributed by atoms with E-state index in [1.54, 1.807) is 27.7 Å². The number of hydrogen-bond acceptors (Lipinski definition) is 6. The van der Waals surface area contributed by atoms with Crippen molar-refractivity contribution < 1.29 is 23.9 Å². The molecule has 0 radical (unpaired) electrons. The largest absolute Gasteiger partial charge is 0.467 e. The SMILES string of the molecule is CCOC(=O)C(CCc1ccccc1)N[C@@H](C)C(=O)NC(C)(C)C(=O)OC. The van der Waals surface area contributed by atoms with Crippen molar-refractivity contribution in [1.82, 2.24) is 10.6 Å². The first kappa shape index (κ1) is 22.6. The van der Waals surface area contributed by atoms with Crippen molar-refractivity contribution in [2.24, 2.45) is 0 Å². The molecule has 7 nitrogen and oxygen atoms in total. The molecule has 1 aromatic carbocycles. The van der Waals surface area contributed by atoms with E-state index >= 15 is 0 Å². The van der Waals surface area contributed by atoms with Gasteiger partial charge in [0.1, 0.15) is 11.6 Å². The zero-order valence-electron chi connectivity index (χ0n) is 16.7. The van der Waals surface area contributed by atoms with Crippen LogP contribution in [0.25, 0.3) is 0 Å².